The van der Waals surface area contributed by atoms with Crippen molar-refractivity contribution in [1.29, 1.82) is 0 Å². The Morgan fingerprint density at radius 1 is 1.12 bits per heavy atom. The quantitative estimate of drug-likeness (QED) is 0.794. The van der Waals surface area contributed by atoms with Crippen LogP contribution < -0.4 is 5.73 Å². The fraction of sp³-hybridized carbons (Fsp3) is 0.929. The average Bonchev–Trinajstić information content (AvgIpc) is 2.26. The lowest BCUT2D eigenvalue weighted by Gasteiger charge is -2.55. The summed E-state index contributed by atoms with van der Waals surface area (Å²) < 4.78 is 0. The second-order valence-electron chi connectivity index (χ2n) is 6.47. The Balaban J connectivity index is 1.78. The molecule has 4 rings (SSSR count). The van der Waals surface area contributed by atoms with Crippen molar-refractivity contribution in [2.45, 2.75) is 39.0 Å². The van der Waals surface area contributed by atoms with Gasteiger partial charge >= 0.3 is 0 Å². The summed E-state index contributed by atoms with van der Waals surface area (Å²) in [5, 5.41) is 0. The molecule has 0 amide bonds. The Morgan fingerprint density at radius 2 is 1.62 bits per heavy atom. The first-order valence-corrected chi connectivity index (χ1v) is 6.91. The van der Waals surface area contributed by atoms with Crippen molar-refractivity contribution in [3.8, 4) is 0 Å². The maximum absolute atomic E-state index is 11.8. The summed E-state index contributed by atoms with van der Waals surface area (Å²) >= 11 is 0. The normalized spacial score (nSPS) is 47.0. The molecule has 1 unspecified atom stereocenters. The number of rotatable bonds is 3. The molecule has 0 heterocycles. The van der Waals surface area contributed by atoms with Gasteiger partial charge in [-0.1, -0.05) is 6.92 Å². The molecule has 0 aromatic heterocycles. The molecular weight excluding hydrogens is 198 g/mol. The van der Waals surface area contributed by atoms with Crippen LogP contribution in [0.25, 0.3) is 0 Å². The molecule has 0 aliphatic heterocycles. The van der Waals surface area contributed by atoms with Gasteiger partial charge in [-0.05, 0) is 61.7 Å². The molecule has 4 aliphatic rings. The zero-order valence-electron chi connectivity index (χ0n) is 10.2. The van der Waals surface area contributed by atoms with E-state index in [2.05, 4.69) is 6.92 Å². The second kappa shape index (κ2) is 3.83. The number of hydrogen-bond acceptors (Lipinski definition) is 2. The first-order chi connectivity index (χ1) is 7.69. The van der Waals surface area contributed by atoms with E-state index < -0.39 is 0 Å². The van der Waals surface area contributed by atoms with Gasteiger partial charge in [0.05, 0.1) is 6.54 Å². The summed E-state index contributed by atoms with van der Waals surface area (Å²) in [6, 6.07) is 0. The topological polar surface area (TPSA) is 43.1 Å². The van der Waals surface area contributed by atoms with Crippen molar-refractivity contribution >= 4 is 5.78 Å². The molecule has 0 radical (unpaired) electrons. The Hall–Kier alpha value is -0.370. The van der Waals surface area contributed by atoms with E-state index in [1.54, 1.807) is 0 Å². The standard InChI is InChI=1S/C14H23NO/c1-8(13(16)7-15)14-11-3-9-2-10(5-11)6-12(14)4-9/h8-12,14H,2-7,15H2,1H3. The highest BCUT2D eigenvalue weighted by atomic mass is 16.1. The number of Topliss-reactive ketones (excluding diaryl/α,β-unsaturated/α-hetero) is 1. The third kappa shape index (κ3) is 1.54. The monoisotopic (exact) mass is 221 g/mol. The SMILES string of the molecule is CC(C(=O)CN)C1C2CC3CC(C2)CC1C3. The summed E-state index contributed by atoms with van der Waals surface area (Å²) in [4.78, 5) is 11.8. The minimum Gasteiger partial charge on any atom is -0.324 e. The van der Waals surface area contributed by atoms with Crippen LogP contribution >= 0.6 is 0 Å². The molecule has 0 spiro atoms. The van der Waals surface area contributed by atoms with Crippen LogP contribution in [0.15, 0.2) is 0 Å². The molecule has 4 fully saturated rings. The Bertz CT molecular complexity index is 271. The van der Waals surface area contributed by atoms with Gasteiger partial charge < -0.3 is 5.73 Å². The van der Waals surface area contributed by atoms with E-state index in [0.29, 0.717) is 5.92 Å². The van der Waals surface area contributed by atoms with E-state index in [9.17, 15) is 4.79 Å². The minimum atomic E-state index is 0.222. The Labute approximate surface area is 98.0 Å². The van der Waals surface area contributed by atoms with Crippen LogP contribution in [-0.4, -0.2) is 12.3 Å². The van der Waals surface area contributed by atoms with Crippen LogP contribution in [0.4, 0.5) is 0 Å². The number of carbonyl (C=O) groups is 1. The van der Waals surface area contributed by atoms with E-state index in [4.69, 9.17) is 5.73 Å². The van der Waals surface area contributed by atoms with Crippen molar-refractivity contribution in [3.05, 3.63) is 0 Å². The van der Waals surface area contributed by atoms with Gasteiger partial charge in [-0.15, -0.1) is 0 Å². The van der Waals surface area contributed by atoms with Gasteiger partial charge in [-0.2, -0.15) is 0 Å². The molecule has 2 heteroatoms. The van der Waals surface area contributed by atoms with Crippen LogP contribution in [0.1, 0.15) is 39.0 Å². The first kappa shape index (κ1) is 10.8. The van der Waals surface area contributed by atoms with E-state index in [1.165, 1.54) is 32.1 Å². The predicted molar refractivity (Wildman–Crippen MR) is 63.8 cm³/mol. The first-order valence-electron chi connectivity index (χ1n) is 6.91. The number of carbonyl (C=O) groups excluding carboxylic acids is 1. The van der Waals surface area contributed by atoms with Crippen molar-refractivity contribution in [1.82, 2.24) is 0 Å². The third-order valence-electron chi connectivity index (χ3n) is 5.59. The van der Waals surface area contributed by atoms with Gasteiger partial charge in [0, 0.05) is 5.92 Å². The molecule has 16 heavy (non-hydrogen) atoms. The summed E-state index contributed by atoms with van der Waals surface area (Å²) in [7, 11) is 0. The molecule has 0 saturated heterocycles. The van der Waals surface area contributed by atoms with Crippen molar-refractivity contribution in [2.24, 2.45) is 41.2 Å². The lowest BCUT2D eigenvalue weighted by Crippen LogP contribution is -2.49. The van der Waals surface area contributed by atoms with Gasteiger partial charge in [0.25, 0.3) is 0 Å². The van der Waals surface area contributed by atoms with E-state index in [-0.39, 0.29) is 18.2 Å². The van der Waals surface area contributed by atoms with Crippen molar-refractivity contribution in [3.63, 3.8) is 0 Å². The van der Waals surface area contributed by atoms with Crippen molar-refractivity contribution < 1.29 is 4.79 Å². The highest BCUT2D eigenvalue weighted by Gasteiger charge is 2.50. The zero-order valence-corrected chi connectivity index (χ0v) is 10.2. The number of nitrogens with two attached hydrogens (primary N) is 1. The van der Waals surface area contributed by atoms with Gasteiger partial charge in [-0.25, -0.2) is 0 Å². The summed E-state index contributed by atoms with van der Waals surface area (Å²) in [6.07, 6.45) is 7.10. The maximum atomic E-state index is 11.8. The summed E-state index contributed by atoms with van der Waals surface area (Å²) in [5.41, 5.74) is 5.52. The largest absolute Gasteiger partial charge is 0.324 e. The lowest BCUT2D eigenvalue weighted by atomic mass is 9.49. The van der Waals surface area contributed by atoms with Crippen molar-refractivity contribution in [2.75, 3.05) is 6.54 Å². The second-order valence-corrected chi connectivity index (χ2v) is 6.47. The smallest absolute Gasteiger partial charge is 0.149 e. The zero-order chi connectivity index (χ0) is 11.3. The maximum Gasteiger partial charge on any atom is 0.149 e. The fourth-order valence-corrected chi connectivity index (χ4v) is 5.18. The van der Waals surface area contributed by atoms with Gasteiger partial charge in [0.1, 0.15) is 5.78 Å². The third-order valence-corrected chi connectivity index (χ3v) is 5.59. The number of hydrogen-bond donors (Lipinski definition) is 1. The van der Waals surface area contributed by atoms with Crippen LogP contribution in [-0.2, 0) is 4.79 Å². The highest BCUT2D eigenvalue weighted by Crippen LogP contribution is 2.58. The summed E-state index contributed by atoms with van der Waals surface area (Å²) in [6.45, 7) is 2.37. The molecule has 4 bridgehead atoms. The fourth-order valence-electron chi connectivity index (χ4n) is 5.18. The molecule has 2 nitrogen and oxygen atoms in total. The Kier molecular flexibility index (Phi) is 2.58. The molecule has 0 aromatic rings. The predicted octanol–water partition coefficient (Wildman–Crippen LogP) is 2.22. The van der Waals surface area contributed by atoms with E-state index in [0.717, 1.165) is 23.7 Å². The van der Waals surface area contributed by atoms with Gasteiger partial charge in [0.15, 0.2) is 0 Å². The molecule has 1 atom stereocenters. The van der Waals surface area contributed by atoms with Crippen LogP contribution in [0.2, 0.25) is 0 Å². The molecule has 90 valence electrons. The highest BCUT2D eigenvalue weighted by molar-refractivity contribution is 5.82. The van der Waals surface area contributed by atoms with E-state index in [1.807, 2.05) is 0 Å². The van der Waals surface area contributed by atoms with Crippen LogP contribution in [0.5, 0.6) is 0 Å². The lowest BCUT2D eigenvalue weighted by molar-refractivity contribution is -0.129. The van der Waals surface area contributed by atoms with Crippen LogP contribution in [0, 0.1) is 35.5 Å². The molecule has 2 N–H and O–H groups in total. The van der Waals surface area contributed by atoms with E-state index >= 15 is 0 Å². The molecule has 4 aliphatic carbocycles. The minimum absolute atomic E-state index is 0.222. The van der Waals surface area contributed by atoms with Gasteiger partial charge in [0.2, 0.25) is 0 Å². The Morgan fingerprint density at radius 3 is 2.06 bits per heavy atom. The average molecular weight is 221 g/mol. The molecule has 0 aromatic carbocycles. The molecular formula is C14H23NO. The molecule has 4 saturated carbocycles. The summed E-state index contributed by atoms with van der Waals surface area (Å²) in [5.74, 6) is 4.88. The van der Waals surface area contributed by atoms with Crippen LogP contribution in [0.3, 0.4) is 0 Å². The van der Waals surface area contributed by atoms with Gasteiger partial charge in [-0.3, -0.25) is 4.79 Å². The number of ketones is 1.